The first-order valence-corrected chi connectivity index (χ1v) is 5.71. The summed E-state index contributed by atoms with van der Waals surface area (Å²) in [5, 5.41) is 3.59. The number of ether oxygens (including phenoxy) is 1. The highest BCUT2D eigenvalue weighted by Gasteiger charge is 2.17. The fourth-order valence-corrected chi connectivity index (χ4v) is 1.56. The molecule has 0 saturated heterocycles. The van der Waals surface area contributed by atoms with Crippen molar-refractivity contribution < 1.29 is 9.53 Å². The summed E-state index contributed by atoms with van der Waals surface area (Å²) in [6.45, 7) is -0.0465. The first-order chi connectivity index (χ1) is 8.08. The normalized spacial score (nSPS) is 9.82. The molecule has 0 aliphatic rings. The number of benzene rings is 1. The second-order valence-corrected chi connectivity index (χ2v) is 4.06. The van der Waals surface area contributed by atoms with Gasteiger partial charge in [0, 0.05) is 10.9 Å². The minimum absolute atomic E-state index is 0.0465. The van der Waals surface area contributed by atoms with Crippen LogP contribution >= 0.6 is 34.8 Å². The van der Waals surface area contributed by atoms with E-state index in [1.807, 2.05) is 0 Å². The van der Waals surface area contributed by atoms with Crippen molar-refractivity contribution in [3.63, 3.8) is 0 Å². The minimum Gasteiger partial charge on any atom is -0.407 e. The Hall–Kier alpha value is -1.04. The molecular weight excluding hydrogens is 290 g/mol. The third-order valence-electron chi connectivity index (χ3n) is 1.70. The van der Waals surface area contributed by atoms with E-state index in [1.54, 1.807) is 0 Å². The van der Waals surface area contributed by atoms with Gasteiger partial charge in [0.2, 0.25) is 0 Å². The predicted molar refractivity (Wildman–Crippen MR) is 65.7 cm³/mol. The predicted octanol–water partition coefficient (Wildman–Crippen LogP) is 3.71. The van der Waals surface area contributed by atoms with E-state index in [9.17, 15) is 9.70 Å². The van der Waals surface area contributed by atoms with Crippen molar-refractivity contribution in [1.82, 2.24) is 5.01 Å². The van der Waals surface area contributed by atoms with Crippen molar-refractivity contribution in [2.45, 2.75) is 0 Å². The molecule has 0 spiro atoms. The van der Waals surface area contributed by atoms with E-state index in [2.05, 4.69) is 5.29 Å². The van der Waals surface area contributed by atoms with Gasteiger partial charge in [-0.2, -0.15) is 5.01 Å². The van der Waals surface area contributed by atoms with Crippen LogP contribution in [0.3, 0.4) is 0 Å². The average molecular weight is 298 g/mol. The van der Waals surface area contributed by atoms with Crippen LogP contribution < -0.4 is 4.74 Å². The molecule has 1 aromatic carbocycles. The molecule has 0 radical (unpaired) electrons. The van der Waals surface area contributed by atoms with Gasteiger partial charge in [-0.05, 0) is 18.2 Å². The van der Waals surface area contributed by atoms with Gasteiger partial charge in [0.15, 0.2) is 5.75 Å². The van der Waals surface area contributed by atoms with Crippen LogP contribution in [0.15, 0.2) is 23.5 Å². The number of rotatable bonds is 4. The quantitative estimate of drug-likeness (QED) is 0.483. The topological polar surface area (TPSA) is 59.0 Å². The first-order valence-electron chi connectivity index (χ1n) is 4.42. The lowest BCUT2D eigenvalue weighted by atomic mass is 10.3. The Bertz CT molecular complexity index is 428. The number of amides is 1. The maximum Gasteiger partial charge on any atom is 0.438 e. The molecule has 1 rings (SSSR count). The van der Waals surface area contributed by atoms with Gasteiger partial charge in [-0.15, -0.1) is 16.5 Å². The molecule has 0 N–H and O–H groups in total. The van der Waals surface area contributed by atoms with Crippen LogP contribution in [0.25, 0.3) is 0 Å². The Morgan fingerprint density at radius 1 is 1.41 bits per heavy atom. The second kappa shape index (κ2) is 6.64. The highest BCUT2D eigenvalue weighted by molar-refractivity contribution is 6.35. The standard InChI is InChI=1S/C9H7Cl3N2O3/c10-3-4-14(13-16)9(15)17-8-2-1-6(11)5-7(8)12/h1-2,5H,3-4H2. The molecule has 8 heteroatoms. The van der Waals surface area contributed by atoms with Gasteiger partial charge in [-0.25, -0.2) is 4.79 Å². The van der Waals surface area contributed by atoms with Gasteiger partial charge in [0.05, 0.1) is 16.9 Å². The Morgan fingerprint density at radius 2 is 2.12 bits per heavy atom. The Kier molecular flexibility index (Phi) is 5.47. The zero-order valence-electron chi connectivity index (χ0n) is 8.40. The van der Waals surface area contributed by atoms with Crippen molar-refractivity contribution in [2.75, 3.05) is 12.4 Å². The van der Waals surface area contributed by atoms with Gasteiger partial charge < -0.3 is 4.74 Å². The molecule has 0 aliphatic heterocycles. The van der Waals surface area contributed by atoms with E-state index in [0.717, 1.165) is 0 Å². The van der Waals surface area contributed by atoms with Crippen molar-refractivity contribution in [3.8, 4) is 5.75 Å². The number of nitroso groups, excluding NO2 is 1. The van der Waals surface area contributed by atoms with E-state index in [1.165, 1.54) is 18.2 Å². The van der Waals surface area contributed by atoms with E-state index >= 15 is 0 Å². The summed E-state index contributed by atoms with van der Waals surface area (Å²) in [5.74, 6) is 0.152. The summed E-state index contributed by atoms with van der Waals surface area (Å²) in [4.78, 5) is 21.8. The van der Waals surface area contributed by atoms with Crippen LogP contribution in [-0.2, 0) is 0 Å². The van der Waals surface area contributed by atoms with E-state index in [4.69, 9.17) is 39.5 Å². The van der Waals surface area contributed by atoms with Gasteiger partial charge in [0.25, 0.3) is 0 Å². The largest absolute Gasteiger partial charge is 0.438 e. The maximum atomic E-state index is 11.4. The summed E-state index contributed by atoms with van der Waals surface area (Å²) in [7, 11) is 0. The Morgan fingerprint density at radius 3 is 2.65 bits per heavy atom. The van der Waals surface area contributed by atoms with Crippen molar-refractivity contribution in [2.24, 2.45) is 5.29 Å². The molecule has 0 aliphatic carbocycles. The molecule has 0 heterocycles. The third kappa shape index (κ3) is 4.03. The molecule has 1 amide bonds. The van der Waals surface area contributed by atoms with Crippen LogP contribution in [0.1, 0.15) is 0 Å². The lowest BCUT2D eigenvalue weighted by Crippen LogP contribution is -2.30. The monoisotopic (exact) mass is 296 g/mol. The lowest BCUT2D eigenvalue weighted by molar-refractivity contribution is 0.156. The molecule has 17 heavy (non-hydrogen) atoms. The minimum atomic E-state index is -0.954. The Balaban J connectivity index is 2.76. The maximum absolute atomic E-state index is 11.4. The van der Waals surface area contributed by atoms with Crippen LogP contribution in [0.4, 0.5) is 4.79 Å². The summed E-state index contributed by atoms with van der Waals surface area (Å²) < 4.78 is 4.85. The highest BCUT2D eigenvalue weighted by atomic mass is 35.5. The molecule has 92 valence electrons. The summed E-state index contributed by atoms with van der Waals surface area (Å²) in [6.07, 6.45) is -0.954. The molecule has 0 aromatic heterocycles. The zero-order chi connectivity index (χ0) is 12.8. The third-order valence-corrected chi connectivity index (χ3v) is 2.40. The van der Waals surface area contributed by atoms with E-state index in [0.29, 0.717) is 10.0 Å². The van der Waals surface area contributed by atoms with Crippen molar-refractivity contribution in [1.29, 1.82) is 0 Å². The molecule has 5 nitrogen and oxygen atoms in total. The lowest BCUT2D eigenvalue weighted by Gasteiger charge is -2.12. The van der Waals surface area contributed by atoms with Crippen molar-refractivity contribution >= 4 is 40.9 Å². The molecule has 0 atom stereocenters. The number of nitrogens with zero attached hydrogens (tertiary/aromatic N) is 2. The fraction of sp³-hybridized carbons (Fsp3) is 0.222. The highest BCUT2D eigenvalue weighted by Crippen LogP contribution is 2.27. The second-order valence-electron chi connectivity index (χ2n) is 2.84. The van der Waals surface area contributed by atoms with Crippen LogP contribution in [0.2, 0.25) is 10.0 Å². The zero-order valence-corrected chi connectivity index (χ0v) is 10.7. The number of hydrogen-bond acceptors (Lipinski definition) is 4. The van der Waals surface area contributed by atoms with Crippen LogP contribution in [0.5, 0.6) is 5.75 Å². The van der Waals surface area contributed by atoms with Gasteiger partial charge in [-0.1, -0.05) is 23.2 Å². The van der Waals surface area contributed by atoms with Gasteiger partial charge in [0.1, 0.15) is 0 Å². The first kappa shape index (κ1) is 14.0. The molecule has 0 fully saturated rings. The van der Waals surface area contributed by atoms with Crippen molar-refractivity contribution in [3.05, 3.63) is 33.2 Å². The SMILES string of the molecule is O=NN(CCCl)C(=O)Oc1ccc(Cl)cc1Cl. The smallest absolute Gasteiger partial charge is 0.407 e. The molecule has 1 aromatic rings. The Labute approximate surface area is 112 Å². The summed E-state index contributed by atoms with van der Waals surface area (Å²) in [6, 6.07) is 4.31. The van der Waals surface area contributed by atoms with E-state index < -0.39 is 6.09 Å². The fourth-order valence-electron chi connectivity index (χ4n) is 0.950. The number of carbonyl (C=O) groups excluding carboxylic acids is 1. The molecular formula is C9H7Cl3N2O3. The van der Waals surface area contributed by atoms with Crippen LogP contribution in [0, 0.1) is 4.91 Å². The van der Waals surface area contributed by atoms with Crippen LogP contribution in [-0.4, -0.2) is 23.5 Å². The molecule has 0 saturated carbocycles. The van der Waals surface area contributed by atoms with E-state index in [-0.39, 0.29) is 23.2 Å². The number of alkyl halides is 1. The molecule has 0 bridgehead atoms. The summed E-state index contributed by atoms with van der Waals surface area (Å²) >= 11 is 16.8. The van der Waals surface area contributed by atoms with Gasteiger partial charge >= 0.3 is 6.09 Å². The van der Waals surface area contributed by atoms with Gasteiger partial charge in [-0.3, -0.25) is 0 Å². The number of hydrogen-bond donors (Lipinski definition) is 0. The summed E-state index contributed by atoms with van der Waals surface area (Å²) in [5.41, 5.74) is 0. The number of carbonyl (C=O) groups is 1. The number of halogens is 3. The average Bonchev–Trinajstić information content (AvgIpc) is 2.29. The molecule has 0 unspecified atom stereocenters.